The molecule has 0 saturated carbocycles. The Morgan fingerprint density at radius 1 is 1.62 bits per heavy atom. The van der Waals surface area contributed by atoms with Crippen LogP contribution in [0.15, 0.2) is 0 Å². The molecule has 2 atom stereocenters. The van der Waals surface area contributed by atoms with E-state index in [1.54, 1.807) is 4.90 Å². The maximum Gasteiger partial charge on any atom is 0.240 e. The van der Waals surface area contributed by atoms with Gasteiger partial charge in [-0.1, -0.05) is 20.8 Å². The van der Waals surface area contributed by atoms with Crippen molar-refractivity contribution in [2.45, 2.75) is 32.9 Å². The van der Waals surface area contributed by atoms with Gasteiger partial charge in [0.1, 0.15) is 0 Å². The minimum absolute atomic E-state index is 0.101. The summed E-state index contributed by atoms with van der Waals surface area (Å²) in [5, 5.41) is 8.74. The first-order valence-corrected chi connectivity index (χ1v) is 5.42. The van der Waals surface area contributed by atoms with Crippen molar-refractivity contribution < 1.29 is 9.53 Å². The predicted octanol–water partition coefficient (Wildman–Crippen LogP) is 0.111. The van der Waals surface area contributed by atoms with Gasteiger partial charge in [-0.15, -0.1) is 0 Å². The molecular formula is C11H19N3O2. The van der Waals surface area contributed by atoms with Crippen LogP contribution in [0, 0.1) is 16.7 Å². The number of nitriles is 1. The number of nitrogens with zero attached hydrogens (tertiary/aromatic N) is 2. The van der Waals surface area contributed by atoms with Crippen LogP contribution in [0.5, 0.6) is 0 Å². The standard InChI is InChI=1S/C11H19N3O2/c1-11(2,3)9(13)10(15)14-4-5-16-8(6-12)7-14/h8-9H,4-5,7,13H2,1-3H3/t8?,9-/m0/s1. The van der Waals surface area contributed by atoms with Crippen molar-refractivity contribution in [3.05, 3.63) is 0 Å². The third kappa shape index (κ3) is 2.94. The van der Waals surface area contributed by atoms with Crippen LogP contribution in [0.1, 0.15) is 20.8 Å². The summed E-state index contributed by atoms with van der Waals surface area (Å²) in [5.74, 6) is -0.101. The highest BCUT2D eigenvalue weighted by molar-refractivity contribution is 5.82. The minimum atomic E-state index is -0.537. The van der Waals surface area contributed by atoms with Crippen molar-refractivity contribution in [2.75, 3.05) is 19.7 Å². The molecular weight excluding hydrogens is 206 g/mol. The van der Waals surface area contributed by atoms with Crippen LogP contribution in [0.3, 0.4) is 0 Å². The summed E-state index contributed by atoms with van der Waals surface area (Å²) >= 11 is 0. The highest BCUT2D eigenvalue weighted by Gasteiger charge is 2.33. The van der Waals surface area contributed by atoms with E-state index in [2.05, 4.69) is 0 Å². The number of carbonyl (C=O) groups is 1. The molecule has 0 aromatic heterocycles. The van der Waals surface area contributed by atoms with E-state index in [0.717, 1.165) is 0 Å². The topological polar surface area (TPSA) is 79.3 Å². The number of ether oxygens (including phenoxy) is 1. The molecule has 0 aromatic carbocycles. The van der Waals surface area contributed by atoms with Gasteiger partial charge in [-0.3, -0.25) is 4.79 Å². The maximum absolute atomic E-state index is 12.0. The molecule has 1 rings (SSSR count). The summed E-state index contributed by atoms with van der Waals surface area (Å²) in [6, 6.07) is 1.47. The van der Waals surface area contributed by atoms with Crippen molar-refractivity contribution >= 4 is 5.91 Å². The molecule has 90 valence electrons. The molecule has 1 heterocycles. The zero-order chi connectivity index (χ0) is 12.3. The highest BCUT2D eigenvalue weighted by atomic mass is 16.5. The van der Waals surface area contributed by atoms with E-state index in [9.17, 15) is 4.79 Å². The average Bonchev–Trinajstić information content (AvgIpc) is 2.26. The molecule has 1 unspecified atom stereocenters. The fourth-order valence-corrected chi connectivity index (χ4v) is 1.49. The highest BCUT2D eigenvalue weighted by Crippen LogP contribution is 2.20. The Morgan fingerprint density at radius 2 is 2.25 bits per heavy atom. The summed E-state index contributed by atoms with van der Waals surface area (Å²) < 4.78 is 5.18. The smallest absolute Gasteiger partial charge is 0.240 e. The number of amides is 1. The van der Waals surface area contributed by atoms with Gasteiger partial charge in [0.2, 0.25) is 5.91 Å². The molecule has 1 aliphatic heterocycles. The van der Waals surface area contributed by atoms with Crippen LogP contribution in [0.2, 0.25) is 0 Å². The van der Waals surface area contributed by atoms with E-state index in [-0.39, 0.29) is 11.3 Å². The molecule has 1 aliphatic rings. The van der Waals surface area contributed by atoms with Crippen molar-refractivity contribution in [2.24, 2.45) is 11.1 Å². The van der Waals surface area contributed by atoms with Gasteiger partial charge >= 0.3 is 0 Å². The molecule has 5 nitrogen and oxygen atoms in total. The number of hydrogen-bond acceptors (Lipinski definition) is 4. The summed E-state index contributed by atoms with van der Waals surface area (Å²) in [6.07, 6.45) is -0.523. The van der Waals surface area contributed by atoms with E-state index in [1.165, 1.54) is 0 Å². The van der Waals surface area contributed by atoms with Gasteiger partial charge < -0.3 is 15.4 Å². The van der Waals surface area contributed by atoms with Gasteiger partial charge in [-0.2, -0.15) is 5.26 Å². The SMILES string of the molecule is CC(C)(C)[C@@H](N)C(=O)N1CCOC(C#N)C1. The summed E-state index contributed by atoms with van der Waals surface area (Å²) in [7, 11) is 0. The molecule has 16 heavy (non-hydrogen) atoms. The largest absolute Gasteiger partial charge is 0.360 e. The first-order valence-electron chi connectivity index (χ1n) is 5.42. The lowest BCUT2D eigenvalue weighted by Gasteiger charge is -2.35. The molecule has 1 saturated heterocycles. The first kappa shape index (κ1) is 12.9. The lowest BCUT2D eigenvalue weighted by molar-refractivity contribution is -0.140. The quantitative estimate of drug-likeness (QED) is 0.687. The third-order valence-corrected chi connectivity index (χ3v) is 2.72. The van der Waals surface area contributed by atoms with Gasteiger partial charge in [0.25, 0.3) is 0 Å². The van der Waals surface area contributed by atoms with E-state index < -0.39 is 12.1 Å². The Morgan fingerprint density at radius 3 is 2.75 bits per heavy atom. The van der Waals surface area contributed by atoms with Crippen LogP contribution in [0.4, 0.5) is 0 Å². The molecule has 1 fully saturated rings. The second kappa shape index (κ2) is 4.81. The molecule has 5 heteroatoms. The van der Waals surface area contributed by atoms with E-state index in [0.29, 0.717) is 19.7 Å². The molecule has 0 radical (unpaired) electrons. The van der Waals surface area contributed by atoms with Crippen molar-refractivity contribution in [1.29, 1.82) is 5.26 Å². The molecule has 2 N–H and O–H groups in total. The second-order valence-corrected chi connectivity index (χ2v) is 5.12. The average molecular weight is 225 g/mol. The van der Waals surface area contributed by atoms with Crippen LogP contribution >= 0.6 is 0 Å². The second-order valence-electron chi connectivity index (χ2n) is 5.12. The molecule has 0 aromatic rings. The zero-order valence-electron chi connectivity index (χ0n) is 10.1. The maximum atomic E-state index is 12.0. The van der Waals surface area contributed by atoms with Crippen molar-refractivity contribution in [3.63, 3.8) is 0 Å². The lowest BCUT2D eigenvalue weighted by atomic mass is 9.86. The summed E-state index contributed by atoms with van der Waals surface area (Å²) in [5.41, 5.74) is 5.63. The summed E-state index contributed by atoms with van der Waals surface area (Å²) in [4.78, 5) is 13.7. The normalized spacial score (nSPS) is 23.7. The first-order chi connectivity index (χ1) is 7.36. The molecule has 0 bridgehead atoms. The van der Waals surface area contributed by atoms with Gasteiger partial charge in [0, 0.05) is 6.54 Å². The molecule has 1 amide bonds. The fraction of sp³-hybridized carbons (Fsp3) is 0.818. The molecule has 0 spiro atoms. The molecule has 0 aliphatic carbocycles. The number of hydrogen-bond donors (Lipinski definition) is 1. The van der Waals surface area contributed by atoms with Crippen molar-refractivity contribution in [1.82, 2.24) is 4.90 Å². The van der Waals surface area contributed by atoms with Crippen molar-refractivity contribution in [3.8, 4) is 6.07 Å². The third-order valence-electron chi connectivity index (χ3n) is 2.72. The van der Waals surface area contributed by atoms with Crippen LogP contribution < -0.4 is 5.73 Å². The number of rotatable bonds is 1. The van der Waals surface area contributed by atoms with Gasteiger partial charge in [0.15, 0.2) is 6.10 Å². The number of nitrogens with two attached hydrogens (primary N) is 1. The van der Waals surface area contributed by atoms with Crippen LogP contribution in [-0.4, -0.2) is 42.6 Å². The van der Waals surface area contributed by atoms with E-state index >= 15 is 0 Å². The van der Waals surface area contributed by atoms with E-state index in [1.807, 2.05) is 26.8 Å². The van der Waals surface area contributed by atoms with E-state index in [4.69, 9.17) is 15.7 Å². The number of morpholine rings is 1. The Labute approximate surface area is 96.2 Å². The Hall–Kier alpha value is -1.12. The predicted molar refractivity (Wildman–Crippen MR) is 59.4 cm³/mol. The Kier molecular flexibility index (Phi) is 3.89. The Bertz CT molecular complexity index is 303. The van der Waals surface area contributed by atoms with Gasteiger partial charge in [-0.25, -0.2) is 0 Å². The monoisotopic (exact) mass is 225 g/mol. The zero-order valence-corrected chi connectivity index (χ0v) is 10.1. The summed E-state index contributed by atoms with van der Waals surface area (Å²) in [6.45, 7) is 7.02. The van der Waals surface area contributed by atoms with Crippen LogP contribution in [-0.2, 0) is 9.53 Å². The lowest BCUT2D eigenvalue weighted by Crippen LogP contribution is -2.54. The minimum Gasteiger partial charge on any atom is -0.360 e. The Balaban J connectivity index is 2.64. The van der Waals surface area contributed by atoms with Gasteiger partial charge in [0.05, 0.1) is 25.3 Å². The fourth-order valence-electron chi connectivity index (χ4n) is 1.49. The van der Waals surface area contributed by atoms with Gasteiger partial charge in [-0.05, 0) is 5.41 Å². The number of carbonyl (C=O) groups excluding carboxylic acids is 1. The van der Waals surface area contributed by atoms with Crippen LogP contribution in [0.25, 0.3) is 0 Å².